The number of aromatic nitrogens is 2. The zero-order chi connectivity index (χ0) is 18.8. The number of nitrogens with one attached hydrogen (secondary N) is 1. The first kappa shape index (κ1) is 16.3. The van der Waals surface area contributed by atoms with Gasteiger partial charge >= 0.3 is 0 Å². The van der Waals surface area contributed by atoms with Gasteiger partial charge in [-0.2, -0.15) is 5.26 Å². The van der Waals surface area contributed by atoms with Crippen molar-refractivity contribution in [2.75, 3.05) is 0 Å². The average Bonchev–Trinajstić information content (AvgIpc) is 3.32. The Kier molecular flexibility index (Phi) is 3.99. The molecule has 0 aliphatic heterocycles. The maximum Gasteiger partial charge on any atom is 0.280 e. The SMILES string of the molecule is N#C/C(=C/c1ccc(-c2ccccc2[N+](=O)[O-])o1)c1nc2ccccc2[nH]1. The number of nitriles is 1. The molecule has 7 heteroatoms. The van der Waals surface area contributed by atoms with Crippen LogP contribution in [0.5, 0.6) is 0 Å². The second-order valence-corrected chi connectivity index (χ2v) is 5.75. The highest BCUT2D eigenvalue weighted by Gasteiger charge is 2.17. The van der Waals surface area contributed by atoms with Gasteiger partial charge < -0.3 is 9.40 Å². The summed E-state index contributed by atoms with van der Waals surface area (Å²) < 4.78 is 5.71. The van der Waals surface area contributed by atoms with Crippen LogP contribution in [-0.2, 0) is 0 Å². The first-order chi connectivity index (χ1) is 13.2. The highest BCUT2D eigenvalue weighted by atomic mass is 16.6. The van der Waals surface area contributed by atoms with Crippen molar-refractivity contribution in [3.8, 4) is 17.4 Å². The summed E-state index contributed by atoms with van der Waals surface area (Å²) in [6.07, 6.45) is 1.55. The van der Waals surface area contributed by atoms with Gasteiger partial charge in [0.1, 0.15) is 23.4 Å². The molecule has 27 heavy (non-hydrogen) atoms. The van der Waals surface area contributed by atoms with E-state index in [4.69, 9.17) is 4.42 Å². The number of hydrogen-bond donors (Lipinski definition) is 1. The number of rotatable bonds is 4. The maximum atomic E-state index is 11.2. The lowest BCUT2D eigenvalue weighted by Gasteiger charge is -1.98. The summed E-state index contributed by atoms with van der Waals surface area (Å²) in [6.45, 7) is 0. The second kappa shape index (κ2) is 6.61. The lowest BCUT2D eigenvalue weighted by molar-refractivity contribution is -0.384. The maximum absolute atomic E-state index is 11.2. The minimum Gasteiger partial charge on any atom is -0.456 e. The fourth-order valence-corrected chi connectivity index (χ4v) is 2.79. The number of H-pyrrole nitrogens is 1. The normalized spacial score (nSPS) is 11.4. The van der Waals surface area contributed by atoms with Crippen LogP contribution in [0.3, 0.4) is 0 Å². The van der Waals surface area contributed by atoms with E-state index in [9.17, 15) is 15.4 Å². The van der Waals surface area contributed by atoms with Gasteiger partial charge in [-0.05, 0) is 30.3 Å². The van der Waals surface area contributed by atoms with Crippen molar-refractivity contribution in [2.45, 2.75) is 0 Å². The van der Waals surface area contributed by atoms with Crippen LogP contribution >= 0.6 is 0 Å². The van der Waals surface area contributed by atoms with Gasteiger partial charge in [0.05, 0.1) is 27.1 Å². The Balaban J connectivity index is 1.72. The Morgan fingerprint density at radius 2 is 1.93 bits per heavy atom. The van der Waals surface area contributed by atoms with Crippen LogP contribution in [-0.4, -0.2) is 14.9 Å². The molecule has 2 aromatic carbocycles. The molecule has 0 aliphatic rings. The van der Waals surface area contributed by atoms with Crippen molar-refractivity contribution in [3.63, 3.8) is 0 Å². The summed E-state index contributed by atoms with van der Waals surface area (Å²) in [5.41, 5.74) is 2.22. The van der Waals surface area contributed by atoms with Gasteiger partial charge in [0.2, 0.25) is 0 Å². The molecule has 0 bridgehead atoms. The molecule has 0 amide bonds. The van der Waals surface area contributed by atoms with Crippen molar-refractivity contribution in [2.24, 2.45) is 0 Å². The summed E-state index contributed by atoms with van der Waals surface area (Å²) in [6, 6.07) is 19.2. The van der Waals surface area contributed by atoms with Gasteiger partial charge in [0, 0.05) is 12.1 Å². The number of benzene rings is 2. The number of allylic oxidation sites excluding steroid dienone is 1. The molecule has 1 N–H and O–H groups in total. The van der Waals surface area contributed by atoms with Crippen molar-refractivity contribution < 1.29 is 9.34 Å². The lowest BCUT2D eigenvalue weighted by atomic mass is 10.1. The first-order valence-corrected chi connectivity index (χ1v) is 8.06. The Morgan fingerprint density at radius 3 is 2.70 bits per heavy atom. The molecule has 4 rings (SSSR count). The molecule has 0 saturated carbocycles. The third-order valence-electron chi connectivity index (χ3n) is 4.04. The summed E-state index contributed by atoms with van der Waals surface area (Å²) >= 11 is 0. The average molecular weight is 356 g/mol. The molecular weight excluding hydrogens is 344 g/mol. The van der Waals surface area contributed by atoms with Crippen molar-refractivity contribution >= 4 is 28.4 Å². The molecule has 2 heterocycles. The molecule has 0 atom stereocenters. The molecule has 0 fully saturated rings. The quantitative estimate of drug-likeness (QED) is 0.321. The first-order valence-electron chi connectivity index (χ1n) is 8.06. The second-order valence-electron chi connectivity index (χ2n) is 5.75. The minimum atomic E-state index is -0.456. The van der Waals surface area contributed by atoms with Crippen molar-refractivity contribution in [1.82, 2.24) is 9.97 Å². The smallest absolute Gasteiger partial charge is 0.280 e. The van der Waals surface area contributed by atoms with E-state index in [0.717, 1.165) is 11.0 Å². The monoisotopic (exact) mass is 356 g/mol. The molecule has 0 radical (unpaired) electrons. The predicted octanol–water partition coefficient (Wildman–Crippen LogP) is 4.80. The number of nitro groups is 1. The van der Waals surface area contributed by atoms with E-state index in [1.165, 1.54) is 6.07 Å². The van der Waals surface area contributed by atoms with Crippen LogP contribution in [0, 0.1) is 21.4 Å². The van der Waals surface area contributed by atoms with Gasteiger partial charge in [0.15, 0.2) is 0 Å². The van der Waals surface area contributed by atoms with Crippen LogP contribution < -0.4 is 0 Å². The fourth-order valence-electron chi connectivity index (χ4n) is 2.79. The van der Waals surface area contributed by atoms with E-state index < -0.39 is 4.92 Å². The lowest BCUT2D eigenvalue weighted by Crippen LogP contribution is -1.90. The largest absolute Gasteiger partial charge is 0.456 e. The van der Waals surface area contributed by atoms with Crippen molar-refractivity contribution in [1.29, 1.82) is 5.26 Å². The molecule has 2 aromatic heterocycles. The molecule has 0 saturated heterocycles. The molecule has 0 aliphatic carbocycles. The number of imidazole rings is 1. The number of nitro benzene ring substituents is 1. The zero-order valence-corrected chi connectivity index (χ0v) is 13.9. The van der Waals surface area contributed by atoms with E-state index >= 15 is 0 Å². The van der Waals surface area contributed by atoms with Crippen LogP contribution in [0.15, 0.2) is 65.1 Å². The van der Waals surface area contributed by atoms with E-state index in [1.54, 1.807) is 36.4 Å². The van der Waals surface area contributed by atoms with Gasteiger partial charge in [-0.1, -0.05) is 24.3 Å². The van der Waals surface area contributed by atoms with Gasteiger partial charge in [-0.15, -0.1) is 0 Å². The summed E-state index contributed by atoms with van der Waals surface area (Å²) in [5.74, 6) is 1.19. The Morgan fingerprint density at radius 1 is 1.15 bits per heavy atom. The third kappa shape index (κ3) is 3.07. The van der Waals surface area contributed by atoms with E-state index in [0.29, 0.717) is 28.5 Å². The predicted molar refractivity (Wildman–Crippen MR) is 100 cm³/mol. The zero-order valence-electron chi connectivity index (χ0n) is 13.9. The van der Waals surface area contributed by atoms with Crippen molar-refractivity contribution in [3.05, 3.63) is 82.4 Å². The standard InChI is InChI=1S/C20H12N4O3/c21-12-13(20-22-16-6-2-3-7-17(16)23-20)11-14-9-10-19(27-14)15-5-1-4-8-18(15)24(25)26/h1-11H,(H,22,23)/b13-11-. The van der Waals surface area contributed by atoms with Gasteiger partial charge in [-0.3, -0.25) is 10.1 Å². The Bertz CT molecular complexity index is 1190. The summed E-state index contributed by atoms with van der Waals surface area (Å²) in [7, 11) is 0. The molecule has 0 unspecified atom stereocenters. The van der Waals surface area contributed by atoms with Crippen LogP contribution in [0.4, 0.5) is 5.69 Å². The molecule has 7 nitrogen and oxygen atoms in total. The number of fused-ring (bicyclic) bond motifs is 1. The topological polar surface area (TPSA) is 109 Å². The summed E-state index contributed by atoms with van der Waals surface area (Å²) in [5, 5.41) is 20.7. The Hall–Kier alpha value is -4.18. The molecule has 0 spiro atoms. The number of hydrogen-bond acceptors (Lipinski definition) is 5. The molecule has 130 valence electrons. The highest BCUT2D eigenvalue weighted by Crippen LogP contribution is 2.31. The highest BCUT2D eigenvalue weighted by molar-refractivity contribution is 5.89. The number of aromatic amines is 1. The third-order valence-corrected chi connectivity index (χ3v) is 4.04. The number of nitrogens with zero attached hydrogens (tertiary/aromatic N) is 3. The van der Waals surface area contributed by atoms with Crippen LogP contribution in [0.2, 0.25) is 0 Å². The van der Waals surface area contributed by atoms with Crippen LogP contribution in [0.1, 0.15) is 11.6 Å². The Labute approximate surface area is 153 Å². The summed E-state index contributed by atoms with van der Waals surface area (Å²) in [4.78, 5) is 18.2. The fraction of sp³-hybridized carbons (Fsp3) is 0. The van der Waals surface area contributed by atoms with Crippen LogP contribution in [0.25, 0.3) is 34.0 Å². The van der Waals surface area contributed by atoms with E-state index in [2.05, 4.69) is 16.0 Å². The molecule has 4 aromatic rings. The van der Waals surface area contributed by atoms with Gasteiger partial charge in [0.25, 0.3) is 5.69 Å². The number of furan rings is 1. The van der Waals surface area contributed by atoms with E-state index in [1.807, 2.05) is 24.3 Å². The van der Waals surface area contributed by atoms with E-state index in [-0.39, 0.29) is 5.69 Å². The number of para-hydroxylation sites is 3. The van der Waals surface area contributed by atoms with Gasteiger partial charge in [-0.25, -0.2) is 4.98 Å². The minimum absolute atomic E-state index is 0.0415. The molecular formula is C20H12N4O3.